The van der Waals surface area contributed by atoms with Gasteiger partial charge in [0.15, 0.2) is 0 Å². The Bertz CT molecular complexity index is 877. The summed E-state index contributed by atoms with van der Waals surface area (Å²) in [6, 6.07) is 13.6. The van der Waals surface area contributed by atoms with Crippen molar-refractivity contribution < 1.29 is 14.4 Å². The van der Waals surface area contributed by atoms with Gasteiger partial charge in [-0.15, -0.1) is 0 Å². The van der Waals surface area contributed by atoms with Crippen molar-refractivity contribution in [1.29, 1.82) is 0 Å². The second-order valence-corrected chi connectivity index (χ2v) is 5.93. The number of amides is 1. The highest BCUT2D eigenvalue weighted by atomic mass is 35.5. The van der Waals surface area contributed by atoms with E-state index < -0.39 is 0 Å². The molecule has 1 amide bonds. The van der Waals surface area contributed by atoms with Gasteiger partial charge in [0.05, 0.1) is 0 Å². The average Bonchev–Trinajstić information content (AvgIpc) is 3.08. The molecule has 25 heavy (non-hydrogen) atoms. The van der Waals surface area contributed by atoms with Gasteiger partial charge >= 0.3 is 0 Å². The number of aromatic nitrogens is 2. The lowest BCUT2D eigenvalue weighted by Gasteiger charge is -2.17. The molecule has 0 bridgehead atoms. The number of carbonyl (C=O) groups is 1. The number of hydrogen-bond donors (Lipinski definition) is 1. The summed E-state index contributed by atoms with van der Waals surface area (Å²) in [6.07, 6.45) is 0.578. The predicted octanol–water partition coefficient (Wildman–Crippen LogP) is 3.69. The SMILES string of the molecule is CN(C(=O)CCc1nc(-c2ccc(O)cc2)no1)c1cccc(Cl)c1. The standard InChI is InChI=1S/C18H16ClN3O3/c1-22(14-4-2-3-13(19)11-14)17(24)10-9-16-20-18(21-25-16)12-5-7-15(23)8-6-12/h2-8,11,23H,9-10H2,1H3. The number of phenolic OH excluding ortho intramolecular Hbond substituents is 1. The van der Waals surface area contributed by atoms with Crippen LogP contribution in [0.3, 0.4) is 0 Å². The molecule has 128 valence electrons. The van der Waals surface area contributed by atoms with Gasteiger partial charge in [-0.05, 0) is 42.5 Å². The van der Waals surface area contributed by atoms with Gasteiger partial charge in [0.2, 0.25) is 17.6 Å². The number of phenols is 1. The van der Waals surface area contributed by atoms with Crippen LogP contribution in [-0.4, -0.2) is 28.2 Å². The lowest BCUT2D eigenvalue weighted by atomic mass is 10.2. The van der Waals surface area contributed by atoms with Crippen molar-refractivity contribution in [3.63, 3.8) is 0 Å². The van der Waals surface area contributed by atoms with E-state index in [-0.39, 0.29) is 18.1 Å². The number of rotatable bonds is 5. The quantitative estimate of drug-likeness (QED) is 0.753. The van der Waals surface area contributed by atoms with Gasteiger partial charge in [0, 0.05) is 36.2 Å². The fraction of sp³-hybridized carbons (Fsp3) is 0.167. The summed E-state index contributed by atoms with van der Waals surface area (Å²) in [7, 11) is 1.70. The third-order valence-electron chi connectivity index (χ3n) is 3.72. The maximum atomic E-state index is 12.3. The molecule has 1 heterocycles. The minimum Gasteiger partial charge on any atom is -0.508 e. The Labute approximate surface area is 149 Å². The first-order chi connectivity index (χ1) is 12.0. The number of halogens is 1. The van der Waals surface area contributed by atoms with Crippen LogP contribution in [0.5, 0.6) is 5.75 Å². The fourth-order valence-corrected chi connectivity index (χ4v) is 2.48. The van der Waals surface area contributed by atoms with Gasteiger partial charge in [-0.1, -0.05) is 22.8 Å². The molecule has 1 aromatic heterocycles. The molecule has 7 heteroatoms. The normalized spacial score (nSPS) is 10.6. The molecule has 0 atom stereocenters. The van der Waals surface area contributed by atoms with Crippen LogP contribution in [0.1, 0.15) is 12.3 Å². The molecule has 0 saturated heterocycles. The van der Waals surface area contributed by atoms with Gasteiger partial charge in [0.1, 0.15) is 5.75 Å². The molecule has 3 aromatic rings. The van der Waals surface area contributed by atoms with Crippen LogP contribution in [0, 0.1) is 0 Å². The summed E-state index contributed by atoms with van der Waals surface area (Å²) in [4.78, 5) is 18.1. The molecule has 0 radical (unpaired) electrons. The van der Waals surface area contributed by atoms with Crippen LogP contribution >= 0.6 is 11.6 Å². The summed E-state index contributed by atoms with van der Waals surface area (Å²) >= 11 is 5.95. The Balaban J connectivity index is 1.62. The number of aromatic hydroxyl groups is 1. The highest BCUT2D eigenvalue weighted by Crippen LogP contribution is 2.21. The molecule has 0 aliphatic heterocycles. The van der Waals surface area contributed by atoms with E-state index in [0.29, 0.717) is 23.2 Å². The molecule has 0 unspecified atom stereocenters. The van der Waals surface area contributed by atoms with E-state index in [9.17, 15) is 9.90 Å². The van der Waals surface area contributed by atoms with Crippen molar-refractivity contribution >= 4 is 23.2 Å². The summed E-state index contributed by atoms with van der Waals surface area (Å²) in [5.74, 6) is 0.898. The second-order valence-electron chi connectivity index (χ2n) is 5.49. The smallest absolute Gasteiger partial charge is 0.227 e. The van der Waals surface area contributed by atoms with Crippen LogP contribution in [0.4, 0.5) is 5.69 Å². The first kappa shape index (κ1) is 17.0. The Morgan fingerprint density at radius 2 is 2.00 bits per heavy atom. The monoisotopic (exact) mass is 357 g/mol. The third kappa shape index (κ3) is 4.16. The average molecular weight is 358 g/mol. The zero-order chi connectivity index (χ0) is 17.8. The Kier molecular flexibility index (Phi) is 5.00. The zero-order valence-corrected chi connectivity index (χ0v) is 14.3. The molecule has 6 nitrogen and oxygen atoms in total. The van der Waals surface area contributed by atoms with Crippen molar-refractivity contribution in [3.05, 3.63) is 59.4 Å². The van der Waals surface area contributed by atoms with Crippen molar-refractivity contribution in [2.24, 2.45) is 0 Å². The van der Waals surface area contributed by atoms with E-state index in [1.807, 2.05) is 6.07 Å². The Hall–Kier alpha value is -2.86. The molecule has 1 N–H and O–H groups in total. The molecular weight excluding hydrogens is 342 g/mol. The molecular formula is C18H16ClN3O3. The molecule has 3 rings (SSSR count). The minimum absolute atomic E-state index is 0.0772. The summed E-state index contributed by atoms with van der Waals surface area (Å²) in [5.41, 5.74) is 1.46. The maximum absolute atomic E-state index is 12.3. The molecule has 0 aliphatic carbocycles. The van der Waals surface area contributed by atoms with Gasteiger partial charge in [-0.2, -0.15) is 4.98 Å². The lowest BCUT2D eigenvalue weighted by molar-refractivity contribution is -0.118. The van der Waals surface area contributed by atoms with Crippen molar-refractivity contribution in [1.82, 2.24) is 10.1 Å². The van der Waals surface area contributed by atoms with E-state index in [1.165, 1.54) is 0 Å². The van der Waals surface area contributed by atoms with Crippen molar-refractivity contribution in [2.75, 3.05) is 11.9 Å². The molecule has 0 spiro atoms. The largest absolute Gasteiger partial charge is 0.508 e. The number of aryl methyl sites for hydroxylation is 1. The van der Waals surface area contributed by atoms with E-state index in [2.05, 4.69) is 10.1 Å². The van der Waals surface area contributed by atoms with E-state index in [1.54, 1.807) is 54.4 Å². The summed E-state index contributed by atoms with van der Waals surface area (Å²) < 4.78 is 5.19. The van der Waals surface area contributed by atoms with Crippen LogP contribution in [0.2, 0.25) is 5.02 Å². The van der Waals surface area contributed by atoms with Crippen LogP contribution in [-0.2, 0) is 11.2 Å². The summed E-state index contributed by atoms with van der Waals surface area (Å²) in [5, 5.41) is 13.8. The summed E-state index contributed by atoms with van der Waals surface area (Å²) in [6.45, 7) is 0. The predicted molar refractivity (Wildman–Crippen MR) is 94.6 cm³/mol. The highest BCUT2D eigenvalue weighted by molar-refractivity contribution is 6.30. The topological polar surface area (TPSA) is 79.5 Å². The maximum Gasteiger partial charge on any atom is 0.227 e. The fourth-order valence-electron chi connectivity index (χ4n) is 2.29. The van der Waals surface area contributed by atoms with Gasteiger partial charge in [-0.3, -0.25) is 4.79 Å². The van der Waals surface area contributed by atoms with Crippen LogP contribution in [0.15, 0.2) is 53.1 Å². The van der Waals surface area contributed by atoms with E-state index >= 15 is 0 Å². The van der Waals surface area contributed by atoms with Crippen molar-refractivity contribution in [3.8, 4) is 17.1 Å². The molecule has 0 aliphatic rings. The van der Waals surface area contributed by atoms with Gasteiger partial charge in [-0.25, -0.2) is 0 Å². The highest BCUT2D eigenvalue weighted by Gasteiger charge is 2.14. The number of hydrogen-bond acceptors (Lipinski definition) is 5. The zero-order valence-electron chi connectivity index (χ0n) is 13.5. The number of nitrogens with zero attached hydrogens (tertiary/aromatic N) is 3. The Morgan fingerprint density at radius 1 is 1.24 bits per heavy atom. The van der Waals surface area contributed by atoms with E-state index in [4.69, 9.17) is 16.1 Å². The molecule has 2 aromatic carbocycles. The molecule has 0 fully saturated rings. The first-order valence-corrected chi connectivity index (χ1v) is 8.05. The van der Waals surface area contributed by atoms with E-state index in [0.717, 1.165) is 11.3 Å². The van der Waals surface area contributed by atoms with Crippen LogP contribution in [0.25, 0.3) is 11.4 Å². The van der Waals surface area contributed by atoms with Crippen LogP contribution < -0.4 is 4.90 Å². The number of benzene rings is 2. The number of carbonyl (C=O) groups excluding carboxylic acids is 1. The van der Waals surface area contributed by atoms with Gasteiger partial charge < -0.3 is 14.5 Å². The number of anilines is 1. The minimum atomic E-state index is -0.0772. The second kappa shape index (κ2) is 7.36. The first-order valence-electron chi connectivity index (χ1n) is 7.67. The Morgan fingerprint density at radius 3 is 2.72 bits per heavy atom. The van der Waals surface area contributed by atoms with Crippen molar-refractivity contribution in [2.45, 2.75) is 12.8 Å². The molecule has 0 saturated carbocycles. The lowest BCUT2D eigenvalue weighted by Crippen LogP contribution is -2.26. The van der Waals surface area contributed by atoms with Gasteiger partial charge in [0.25, 0.3) is 0 Å². The third-order valence-corrected chi connectivity index (χ3v) is 3.95.